The van der Waals surface area contributed by atoms with Crippen LogP contribution < -0.4 is 10.5 Å². The first-order chi connectivity index (χ1) is 11.3. The second-order valence-electron chi connectivity index (χ2n) is 6.81. The monoisotopic (exact) mass is 354 g/mol. The fraction of sp³-hybridized carbons (Fsp3) is 0.611. The van der Waals surface area contributed by atoms with Crippen LogP contribution in [0.25, 0.3) is 0 Å². The molecule has 1 aliphatic heterocycles. The molecule has 0 radical (unpaired) electrons. The van der Waals surface area contributed by atoms with Gasteiger partial charge in [-0.3, -0.25) is 4.79 Å². The Morgan fingerprint density at radius 1 is 1.50 bits per heavy atom. The molecule has 1 atom stereocenters. The van der Waals surface area contributed by atoms with Crippen LogP contribution in [0.2, 0.25) is 5.02 Å². The van der Waals surface area contributed by atoms with Crippen LogP contribution in [0.3, 0.4) is 0 Å². The van der Waals surface area contributed by atoms with Gasteiger partial charge in [-0.25, -0.2) is 0 Å². The van der Waals surface area contributed by atoms with E-state index in [1.54, 1.807) is 23.1 Å². The molecule has 6 heteroatoms. The van der Waals surface area contributed by atoms with E-state index in [1.807, 2.05) is 7.05 Å². The van der Waals surface area contributed by atoms with Crippen molar-refractivity contribution in [2.75, 3.05) is 26.8 Å². The van der Waals surface area contributed by atoms with Gasteiger partial charge in [-0.15, -0.1) is 0 Å². The Balaban J connectivity index is 2.04. The van der Waals surface area contributed by atoms with Gasteiger partial charge in [-0.2, -0.15) is 0 Å². The third-order valence-electron chi connectivity index (χ3n) is 4.32. The number of ether oxygens (including phenoxy) is 2. The lowest BCUT2D eigenvalue weighted by Crippen LogP contribution is -2.46. The highest BCUT2D eigenvalue weighted by atomic mass is 35.5. The number of benzene rings is 1. The van der Waals surface area contributed by atoms with Gasteiger partial charge in [-0.1, -0.05) is 11.6 Å². The van der Waals surface area contributed by atoms with E-state index in [0.717, 1.165) is 19.3 Å². The molecule has 0 aromatic heterocycles. The second-order valence-corrected chi connectivity index (χ2v) is 7.21. The molecular weight excluding hydrogens is 328 g/mol. The second kappa shape index (κ2) is 8.19. The molecule has 134 valence electrons. The van der Waals surface area contributed by atoms with Gasteiger partial charge in [0.1, 0.15) is 5.75 Å². The summed E-state index contributed by atoms with van der Waals surface area (Å²) in [6.45, 7) is 5.87. The van der Waals surface area contributed by atoms with Crippen molar-refractivity contribution in [3.63, 3.8) is 0 Å². The number of nitrogens with two attached hydrogens (primary N) is 1. The van der Waals surface area contributed by atoms with Crippen LogP contribution in [0.4, 0.5) is 0 Å². The number of carbonyl (C=O) groups is 1. The highest BCUT2D eigenvalue weighted by Gasteiger charge is 2.33. The molecule has 1 aromatic carbocycles. The maximum absolute atomic E-state index is 12.7. The predicted molar refractivity (Wildman–Crippen MR) is 95.8 cm³/mol. The van der Waals surface area contributed by atoms with Crippen LogP contribution in [-0.2, 0) is 4.74 Å². The van der Waals surface area contributed by atoms with Gasteiger partial charge in [-0.05, 0) is 57.9 Å². The first kappa shape index (κ1) is 19.0. The molecule has 1 saturated heterocycles. The van der Waals surface area contributed by atoms with Crippen molar-refractivity contribution in [3.8, 4) is 5.75 Å². The van der Waals surface area contributed by atoms with Crippen LogP contribution >= 0.6 is 11.6 Å². The van der Waals surface area contributed by atoms with Crippen molar-refractivity contribution in [2.24, 2.45) is 5.73 Å². The summed E-state index contributed by atoms with van der Waals surface area (Å²) in [6, 6.07) is 5.34. The molecule has 1 aromatic rings. The van der Waals surface area contributed by atoms with Crippen LogP contribution in [0.1, 0.15) is 43.5 Å². The minimum atomic E-state index is -0.199. The first-order valence-corrected chi connectivity index (χ1v) is 8.75. The molecule has 2 N–H and O–H groups in total. The molecule has 0 aliphatic carbocycles. The Hall–Kier alpha value is -1.30. The largest absolute Gasteiger partial charge is 0.492 e. The van der Waals surface area contributed by atoms with Gasteiger partial charge in [0.05, 0.1) is 17.2 Å². The molecule has 1 unspecified atom stereocenters. The average Bonchev–Trinajstić information content (AvgIpc) is 2.54. The van der Waals surface area contributed by atoms with Gasteiger partial charge in [0, 0.05) is 25.3 Å². The van der Waals surface area contributed by atoms with Crippen LogP contribution in [0.5, 0.6) is 5.75 Å². The van der Waals surface area contributed by atoms with Crippen molar-refractivity contribution < 1.29 is 14.3 Å². The molecule has 1 heterocycles. The highest BCUT2D eigenvalue weighted by Crippen LogP contribution is 2.29. The van der Waals surface area contributed by atoms with E-state index >= 15 is 0 Å². The number of nitrogens with zero attached hydrogens (tertiary/aromatic N) is 1. The quantitative estimate of drug-likeness (QED) is 0.797. The fourth-order valence-electron chi connectivity index (χ4n) is 2.92. The van der Waals surface area contributed by atoms with Gasteiger partial charge in [0.15, 0.2) is 0 Å². The van der Waals surface area contributed by atoms with Crippen LogP contribution in [0, 0.1) is 0 Å². The van der Waals surface area contributed by atoms with Crippen molar-refractivity contribution in [2.45, 2.75) is 44.8 Å². The lowest BCUT2D eigenvalue weighted by molar-refractivity contribution is -0.0756. The summed E-state index contributed by atoms with van der Waals surface area (Å²) >= 11 is 6.24. The van der Waals surface area contributed by atoms with E-state index in [4.69, 9.17) is 26.8 Å². The number of hydrogen-bond acceptors (Lipinski definition) is 4. The van der Waals surface area contributed by atoms with Crippen LogP contribution in [-0.4, -0.2) is 49.3 Å². The van der Waals surface area contributed by atoms with Crippen molar-refractivity contribution in [1.29, 1.82) is 0 Å². The van der Waals surface area contributed by atoms with E-state index < -0.39 is 0 Å². The van der Waals surface area contributed by atoms with Gasteiger partial charge in [0.2, 0.25) is 0 Å². The molecule has 1 fully saturated rings. The van der Waals surface area contributed by atoms with E-state index in [-0.39, 0.29) is 17.6 Å². The van der Waals surface area contributed by atoms with E-state index in [9.17, 15) is 4.79 Å². The molecule has 1 amide bonds. The normalized spacial score (nSPS) is 19.8. The maximum atomic E-state index is 12.7. The SMILES string of the molecule is CN(C(=O)c1ccc(OCCCN)c(Cl)c1)C1CCOC(C)(C)C1. The molecule has 5 nitrogen and oxygen atoms in total. The third-order valence-corrected chi connectivity index (χ3v) is 4.62. The summed E-state index contributed by atoms with van der Waals surface area (Å²) in [7, 11) is 1.84. The highest BCUT2D eigenvalue weighted by molar-refractivity contribution is 6.32. The molecule has 2 rings (SSSR count). The zero-order chi connectivity index (χ0) is 17.7. The van der Waals surface area contributed by atoms with Gasteiger partial charge >= 0.3 is 0 Å². The summed E-state index contributed by atoms with van der Waals surface area (Å²) in [4.78, 5) is 14.5. The maximum Gasteiger partial charge on any atom is 0.253 e. The van der Waals surface area contributed by atoms with Gasteiger partial charge < -0.3 is 20.1 Å². The van der Waals surface area contributed by atoms with Crippen molar-refractivity contribution in [3.05, 3.63) is 28.8 Å². The minimum Gasteiger partial charge on any atom is -0.492 e. The molecule has 24 heavy (non-hydrogen) atoms. The summed E-state index contributed by atoms with van der Waals surface area (Å²) in [5.41, 5.74) is 5.81. The molecule has 1 aliphatic rings. The Kier molecular flexibility index (Phi) is 6.49. The average molecular weight is 355 g/mol. The van der Waals surface area contributed by atoms with Gasteiger partial charge in [0.25, 0.3) is 5.91 Å². The molecular formula is C18H27ClN2O3. The summed E-state index contributed by atoms with van der Waals surface area (Å²) in [6.07, 6.45) is 2.43. The Bertz CT molecular complexity index is 577. The van der Waals surface area contributed by atoms with E-state index in [2.05, 4.69) is 13.8 Å². The number of amides is 1. The van der Waals surface area contributed by atoms with Crippen molar-refractivity contribution in [1.82, 2.24) is 4.90 Å². The smallest absolute Gasteiger partial charge is 0.253 e. The molecule has 0 spiro atoms. The standard InChI is InChI=1S/C18H27ClN2O3/c1-18(2)12-14(7-10-24-18)21(3)17(22)13-5-6-16(15(19)11-13)23-9-4-8-20/h5-6,11,14H,4,7-10,12,20H2,1-3H3. The number of carbonyl (C=O) groups excluding carboxylic acids is 1. The first-order valence-electron chi connectivity index (χ1n) is 8.37. The van der Waals surface area contributed by atoms with E-state index in [1.165, 1.54) is 0 Å². The Morgan fingerprint density at radius 2 is 2.25 bits per heavy atom. The van der Waals surface area contributed by atoms with Crippen molar-refractivity contribution >= 4 is 17.5 Å². The Labute approximate surface area is 149 Å². The lowest BCUT2D eigenvalue weighted by atomic mass is 9.92. The molecule has 0 bridgehead atoms. The zero-order valence-electron chi connectivity index (χ0n) is 14.7. The Morgan fingerprint density at radius 3 is 2.88 bits per heavy atom. The number of halogens is 1. The minimum absolute atomic E-state index is 0.0342. The molecule has 0 saturated carbocycles. The summed E-state index contributed by atoms with van der Waals surface area (Å²) in [5.74, 6) is 0.546. The number of hydrogen-bond donors (Lipinski definition) is 1. The fourth-order valence-corrected chi connectivity index (χ4v) is 3.15. The van der Waals surface area contributed by atoms with E-state index in [0.29, 0.717) is 36.1 Å². The predicted octanol–water partition coefficient (Wildman–Crippen LogP) is 3.10. The topological polar surface area (TPSA) is 64.8 Å². The third kappa shape index (κ3) is 4.85. The lowest BCUT2D eigenvalue weighted by Gasteiger charge is -2.39. The summed E-state index contributed by atoms with van der Waals surface area (Å²) in [5, 5.41) is 0.443. The zero-order valence-corrected chi connectivity index (χ0v) is 15.4. The number of rotatable bonds is 6. The van der Waals surface area contributed by atoms with Crippen LogP contribution in [0.15, 0.2) is 18.2 Å². The summed E-state index contributed by atoms with van der Waals surface area (Å²) < 4.78 is 11.3.